The number of likely N-dealkylation sites (N-methyl/N-ethyl adjacent to an activating group) is 1. The summed E-state index contributed by atoms with van der Waals surface area (Å²) in [5, 5.41) is 26.4. The van der Waals surface area contributed by atoms with Crippen molar-refractivity contribution in [3.05, 3.63) is 48.0 Å². The Balaban J connectivity index is 1.89. The number of guanidine groups is 1. The minimum atomic E-state index is -1.30. The van der Waals surface area contributed by atoms with Gasteiger partial charge in [0, 0.05) is 37.8 Å². The summed E-state index contributed by atoms with van der Waals surface area (Å²) in [5.74, 6) is -5.51. The number of hydrogen-bond donors (Lipinski definition) is 11. The van der Waals surface area contributed by atoms with E-state index in [0.717, 1.165) is 0 Å². The zero-order valence-corrected chi connectivity index (χ0v) is 35.5. The van der Waals surface area contributed by atoms with Gasteiger partial charge in [0.05, 0.1) is 12.9 Å². The topological polar surface area (TPSA) is 334 Å². The number of likely N-dealkylation sites (tertiary alicyclic amines) is 1. The van der Waals surface area contributed by atoms with Gasteiger partial charge >= 0.3 is 0 Å². The van der Waals surface area contributed by atoms with Gasteiger partial charge in [-0.15, -0.1) is 0 Å². The van der Waals surface area contributed by atoms with Gasteiger partial charge in [0.15, 0.2) is 5.96 Å². The van der Waals surface area contributed by atoms with Crippen LogP contribution in [-0.4, -0.2) is 130 Å². The number of aromatic amines is 1. The number of carbonyl (C=O) groups is 7. The molecule has 3 rings (SSSR count). The number of hydrogen-bond acceptors (Lipinski definition) is 11. The number of nitrogens with one attached hydrogen (secondary N) is 7. The number of imidazole rings is 1. The summed E-state index contributed by atoms with van der Waals surface area (Å²) in [5.41, 5.74) is 17.5. The summed E-state index contributed by atoms with van der Waals surface area (Å²) in [6, 6.07) is -0.710. The van der Waals surface area contributed by atoms with Gasteiger partial charge in [-0.3, -0.25) is 38.6 Å². The van der Waals surface area contributed by atoms with Gasteiger partial charge < -0.3 is 64.1 Å². The molecule has 21 nitrogen and oxygen atoms in total. The van der Waals surface area contributed by atoms with Crippen LogP contribution in [0.3, 0.4) is 0 Å². The zero-order chi connectivity index (χ0) is 45.2. The quantitative estimate of drug-likeness (QED) is 0.0304. The lowest BCUT2D eigenvalue weighted by molar-refractivity contribution is -0.141. The molecule has 1 saturated heterocycles. The number of H-pyrrole nitrogens is 1. The predicted octanol–water partition coefficient (Wildman–Crippen LogP) is -2.22. The van der Waals surface area contributed by atoms with Crippen molar-refractivity contribution in [1.29, 1.82) is 0 Å². The molecule has 1 aliphatic heterocycles. The van der Waals surface area contributed by atoms with Crippen LogP contribution in [0.4, 0.5) is 0 Å². The van der Waals surface area contributed by atoms with Crippen LogP contribution < -0.4 is 49.1 Å². The van der Waals surface area contributed by atoms with E-state index >= 15 is 0 Å². The standard InChI is InChI=1S/C40H63N13O8/c1-6-23(4)33(38(60)50-29(18-25-19-45-21-47-25)39(61)53-16-8-10-30(53)34(41)56)52-36(58)28(17-24-11-13-26(54)14-12-24)49-37(59)32(22(2)3)51-35(57)27(48-31(55)20-44-5)9-7-15-46-40(42)43/h11-14,19,21-23,27-30,32-33,44,54H,6-10,15-18,20H2,1-5H3,(H2,41,56)(H,45,47)(H,48,55)(H,49,59)(H,50,60)(H,51,57)(H,52,58)(H4,42,43,46)/t23-,27-,28-,29-,30+,32-,33-/m0/s1. The molecule has 0 spiro atoms. The van der Waals surface area contributed by atoms with E-state index in [1.54, 1.807) is 40.0 Å². The van der Waals surface area contributed by atoms with Crippen LogP contribution in [0, 0.1) is 11.8 Å². The highest BCUT2D eigenvalue weighted by molar-refractivity contribution is 5.97. The van der Waals surface area contributed by atoms with Crippen molar-refractivity contribution in [3.8, 4) is 5.75 Å². The SMILES string of the molecule is CC[C@H](C)[C@H](NC(=O)[C@H](Cc1ccc(O)cc1)NC(=O)[C@@H](NC(=O)[C@H](CCCN=C(N)N)NC(=O)CNC)C(C)C)C(=O)N[C@@H](Cc1cnc[nH]1)C(=O)N1CCC[C@@H]1C(N)=O. The number of rotatable bonds is 24. The molecule has 0 unspecified atom stereocenters. The summed E-state index contributed by atoms with van der Waals surface area (Å²) in [4.78, 5) is 107. The minimum Gasteiger partial charge on any atom is -0.508 e. The number of benzene rings is 1. The molecular formula is C40H63N13O8. The highest BCUT2D eigenvalue weighted by atomic mass is 16.3. The molecule has 0 radical (unpaired) electrons. The molecule has 7 atom stereocenters. The van der Waals surface area contributed by atoms with Crippen molar-refractivity contribution in [3.63, 3.8) is 0 Å². The Kier molecular flexibility index (Phi) is 19.4. The number of primary amides is 1. The van der Waals surface area contributed by atoms with Crippen LogP contribution in [0.25, 0.3) is 0 Å². The molecule has 0 saturated carbocycles. The monoisotopic (exact) mass is 853 g/mol. The lowest BCUT2D eigenvalue weighted by Crippen LogP contribution is -2.61. The second-order valence-electron chi connectivity index (χ2n) is 15.6. The summed E-state index contributed by atoms with van der Waals surface area (Å²) in [7, 11) is 1.58. The normalized spacial score (nSPS) is 16.6. The molecule has 2 aromatic rings. The Morgan fingerprint density at radius 1 is 0.869 bits per heavy atom. The highest BCUT2D eigenvalue weighted by Crippen LogP contribution is 2.20. The van der Waals surface area contributed by atoms with Gasteiger partial charge in [0.25, 0.3) is 0 Å². The molecule has 61 heavy (non-hydrogen) atoms. The molecule has 1 aromatic carbocycles. The maximum Gasteiger partial charge on any atom is 0.246 e. The molecule has 0 aliphatic carbocycles. The molecule has 1 aromatic heterocycles. The number of aromatic nitrogens is 2. The first-order valence-corrected chi connectivity index (χ1v) is 20.5. The van der Waals surface area contributed by atoms with Gasteiger partial charge in [-0.05, 0) is 62.3 Å². The number of phenolic OH excluding ortho intramolecular Hbond substituents is 1. The zero-order valence-electron chi connectivity index (χ0n) is 35.5. The van der Waals surface area contributed by atoms with Gasteiger partial charge in [-0.1, -0.05) is 46.2 Å². The first-order valence-electron chi connectivity index (χ1n) is 20.5. The molecule has 2 heterocycles. The Labute approximate surface area is 355 Å². The lowest BCUT2D eigenvalue weighted by atomic mass is 9.96. The minimum absolute atomic E-state index is 0.00582. The van der Waals surface area contributed by atoms with Crippen LogP contribution in [0.5, 0.6) is 5.75 Å². The largest absolute Gasteiger partial charge is 0.508 e. The number of nitrogens with two attached hydrogens (primary N) is 3. The molecule has 1 fully saturated rings. The fourth-order valence-electron chi connectivity index (χ4n) is 6.87. The molecule has 1 aliphatic rings. The molecule has 21 heteroatoms. The second kappa shape index (κ2) is 24.1. The van der Waals surface area contributed by atoms with E-state index in [0.29, 0.717) is 36.9 Å². The third-order valence-electron chi connectivity index (χ3n) is 10.4. The van der Waals surface area contributed by atoms with Crippen LogP contribution in [-0.2, 0) is 46.4 Å². The predicted molar refractivity (Wildman–Crippen MR) is 226 cm³/mol. The fourth-order valence-corrected chi connectivity index (χ4v) is 6.87. The molecule has 0 bridgehead atoms. The van der Waals surface area contributed by atoms with Crippen molar-refractivity contribution in [1.82, 2.24) is 46.8 Å². The Bertz CT molecular complexity index is 1820. The number of aliphatic imine (C=N–C) groups is 1. The van der Waals surface area contributed by atoms with E-state index in [2.05, 4.69) is 46.9 Å². The van der Waals surface area contributed by atoms with Crippen molar-refractivity contribution < 1.29 is 38.7 Å². The van der Waals surface area contributed by atoms with Crippen molar-refractivity contribution in [2.75, 3.05) is 26.7 Å². The van der Waals surface area contributed by atoms with Gasteiger partial charge in [0.1, 0.15) is 42.0 Å². The lowest BCUT2D eigenvalue weighted by Gasteiger charge is -2.31. The molecule has 14 N–H and O–H groups in total. The van der Waals surface area contributed by atoms with Crippen LogP contribution in [0.15, 0.2) is 41.8 Å². The third kappa shape index (κ3) is 15.4. The maximum absolute atomic E-state index is 14.3. The van der Waals surface area contributed by atoms with E-state index in [4.69, 9.17) is 17.2 Å². The molecule has 7 amide bonds. The fraction of sp³-hybridized carbons (Fsp3) is 0.575. The van der Waals surface area contributed by atoms with Gasteiger partial charge in [-0.25, -0.2) is 4.98 Å². The van der Waals surface area contributed by atoms with E-state index in [9.17, 15) is 38.7 Å². The number of aromatic hydroxyl groups is 1. The Hall–Kier alpha value is -6.25. The van der Waals surface area contributed by atoms with Gasteiger partial charge in [-0.2, -0.15) is 0 Å². The average Bonchev–Trinajstić information content (AvgIpc) is 3.93. The van der Waals surface area contributed by atoms with E-state index in [1.807, 2.05) is 6.92 Å². The first-order chi connectivity index (χ1) is 28.9. The third-order valence-corrected chi connectivity index (χ3v) is 10.4. The summed E-state index contributed by atoms with van der Waals surface area (Å²) in [6.45, 7) is 7.38. The number of carbonyl (C=O) groups excluding carboxylic acids is 7. The van der Waals surface area contributed by atoms with Crippen LogP contribution in [0.2, 0.25) is 0 Å². The van der Waals surface area contributed by atoms with Crippen LogP contribution >= 0.6 is 0 Å². The van der Waals surface area contributed by atoms with Crippen LogP contribution in [0.1, 0.15) is 71.1 Å². The summed E-state index contributed by atoms with van der Waals surface area (Å²) in [6.07, 6.45) is 4.72. The van der Waals surface area contributed by atoms with E-state index < -0.39 is 89.4 Å². The van der Waals surface area contributed by atoms with Crippen molar-refractivity contribution in [2.45, 2.75) is 109 Å². The smallest absolute Gasteiger partial charge is 0.246 e. The maximum atomic E-state index is 14.3. The van der Waals surface area contributed by atoms with Crippen molar-refractivity contribution >= 4 is 47.3 Å². The van der Waals surface area contributed by atoms with Crippen molar-refractivity contribution in [2.24, 2.45) is 34.0 Å². The van der Waals surface area contributed by atoms with Gasteiger partial charge in [0.2, 0.25) is 41.4 Å². The molecule has 336 valence electrons. The number of nitrogens with zero attached hydrogens (tertiary/aromatic N) is 3. The van der Waals surface area contributed by atoms with E-state index in [-0.39, 0.29) is 50.6 Å². The Morgan fingerprint density at radius 2 is 1.51 bits per heavy atom. The highest BCUT2D eigenvalue weighted by Gasteiger charge is 2.39. The first kappa shape index (κ1) is 49.1. The number of amides is 7. The second-order valence-corrected chi connectivity index (χ2v) is 15.6. The Morgan fingerprint density at radius 3 is 2.10 bits per heavy atom. The summed E-state index contributed by atoms with van der Waals surface area (Å²) >= 11 is 0. The molecular weight excluding hydrogens is 791 g/mol. The van der Waals surface area contributed by atoms with E-state index in [1.165, 1.54) is 29.6 Å². The summed E-state index contributed by atoms with van der Waals surface area (Å²) < 4.78 is 0. The average molecular weight is 854 g/mol. The number of phenols is 1.